The van der Waals surface area contributed by atoms with E-state index in [1.165, 1.54) is 12.1 Å². The number of hydrogen-bond acceptors (Lipinski definition) is 6. The van der Waals surface area contributed by atoms with E-state index in [4.69, 9.17) is 4.74 Å². The third-order valence-electron chi connectivity index (χ3n) is 3.33. The first-order chi connectivity index (χ1) is 9.60. The molecule has 2 rings (SSSR count). The number of benzene rings is 1. The van der Waals surface area contributed by atoms with Gasteiger partial charge in [-0.2, -0.15) is 0 Å². The molecule has 110 valence electrons. The SMILES string of the molecule is CCOC(=O)CN1CCN(c2cc(O)ccc2O)CC1. The second-order valence-electron chi connectivity index (χ2n) is 4.74. The summed E-state index contributed by atoms with van der Waals surface area (Å²) in [5.41, 5.74) is 0.626. The minimum absolute atomic E-state index is 0.131. The van der Waals surface area contributed by atoms with E-state index < -0.39 is 0 Å². The van der Waals surface area contributed by atoms with Gasteiger partial charge in [-0.25, -0.2) is 0 Å². The fourth-order valence-corrected chi connectivity index (χ4v) is 2.30. The van der Waals surface area contributed by atoms with Crippen LogP contribution in [0.5, 0.6) is 11.5 Å². The van der Waals surface area contributed by atoms with Crippen molar-refractivity contribution in [2.45, 2.75) is 6.92 Å². The molecule has 1 aromatic rings. The first-order valence-corrected chi connectivity index (χ1v) is 6.75. The fraction of sp³-hybridized carbons (Fsp3) is 0.500. The zero-order valence-corrected chi connectivity index (χ0v) is 11.6. The third kappa shape index (κ3) is 3.54. The number of nitrogens with zero attached hydrogens (tertiary/aromatic N) is 2. The van der Waals surface area contributed by atoms with Gasteiger partial charge in [-0.05, 0) is 19.1 Å². The molecule has 0 spiro atoms. The average Bonchev–Trinajstić information content (AvgIpc) is 2.43. The van der Waals surface area contributed by atoms with Gasteiger partial charge in [0.1, 0.15) is 11.5 Å². The molecule has 0 atom stereocenters. The summed E-state index contributed by atoms with van der Waals surface area (Å²) in [5, 5.41) is 19.3. The summed E-state index contributed by atoms with van der Waals surface area (Å²) in [6.45, 7) is 5.30. The van der Waals surface area contributed by atoms with Crippen LogP contribution in [-0.2, 0) is 9.53 Å². The summed E-state index contributed by atoms with van der Waals surface area (Å²) in [6.07, 6.45) is 0. The second-order valence-corrected chi connectivity index (χ2v) is 4.74. The number of phenols is 2. The highest BCUT2D eigenvalue weighted by molar-refractivity contribution is 5.71. The predicted octanol–water partition coefficient (Wildman–Crippen LogP) is 0.783. The lowest BCUT2D eigenvalue weighted by atomic mass is 10.2. The number of ether oxygens (including phenoxy) is 1. The molecule has 0 saturated carbocycles. The number of piperazine rings is 1. The minimum Gasteiger partial charge on any atom is -0.508 e. The van der Waals surface area contributed by atoms with Gasteiger partial charge in [-0.15, -0.1) is 0 Å². The number of phenolic OH excluding ortho intramolecular Hbond substituents is 2. The molecule has 1 aliphatic rings. The van der Waals surface area contributed by atoms with Gasteiger partial charge in [0, 0.05) is 32.2 Å². The van der Waals surface area contributed by atoms with Gasteiger partial charge in [0.05, 0.1) is 18.8 Å². The van der Waals surface area contributed by atoms with Crippen molar-refractivity contribution in [3.05, 3.63) is 18.2 Å². The summed E-state index contributed by atoms with van der Waals surface area (Å²) in [6, 6.07) is 4.49. The molecule has 6 heteroatoms. The minimum atomic E-state index is -0.207. The molecule has 1 aliphatic heterocycles. The summed E-state index contributed by atoms with van der Waals surface area (Å²) in [4.78, 5) is 15.4. The number of rotatable bonds is 4. The Balaban J connectivity index is 1.91. The Kier molecular flexibility index (Phi) is 4.68. The number of carbonyl (C=O) groups is 1. The van der Waals surface area contributed by atoms with Crippen LogP contribution in [0.2, 0.25) is 0 Å². The van der Waals surface area contributed by atoms with E-state index in [9.17, 15) is 15.0 Å². The molecular formula is C14H20N2O4. The lowest BCUT2D eigenvalue weighted by Gasteiger charge is -2.35. The number of anilines is 1. The van der Waals surface area contributed by atoms with Gasteiger partial charge in [0.25, 0.3) is 0 Å². The van der Waals surface area contributed by atoms with Crippen LogP contribution in [0.4, 0.5) is 5.69 Å². The van der Waals surface area contributed by atoms with Crippen molar-refractivity contribution in [1.82, 2.24) is 4.90 Å². The van der Waals surface area contributed by atoms with Gasteiger partial charge < -0.3 is 19.8 Å². The van der Waals surface area contributed by atoms with E-state index in [1.807, 2.05) is 9.80 Å². The Morgan fingerprint density at radius 3 is 2.60 bits per heavy atom. The number of aromatic hydroxyl groups is 2. The van der Waals surface area contributed by atoms with E-state index in [-0.39, 0.29) is 17.5 Å². The van der Waals surface area contributed by atoms with Gasteiger partial charge in [0.2, 0.25) is 0 Å². The number of esters is 1. The van der Waals surface area contributed by atoms with Crippen LogP contribution < -0.4 is 4.90 Å². The molecule has 1 saturated heterocycles. The highest BCUT2D eigenvalue weighted by Gasteiger charge is 2.21. The number of hydrogen-bond donors (Lipinski definition) is 2. The molecule has 1 fully saturated rings. The van der Waals surface area contributed by atoms with Crippen LogP contribution >= 0.6 is 0 Å². The monoisotopic (exact) mass is 280 g/mol. The maximum atomic E-state index is 11.4. The Labute approximate surface area is 118 Å². The lowest BCUT2D eigenvalue weighted by Crippen LogP contribution is -2.48. The van der Waals surface area contributed by atoms with E-state index in [0.717, 1.165) is 0 Å². The molecule has 2 N–H and O–H groups in total. The predicted molar refractivity (Wildman–Crippen MR) is 75.1 cm³/mol. The summed E-state index contributed by atoms with van der Waals surface area (Å²) >= 11 is 0. The Bertz CT molecular complexity index is 470. The zero-order chi connectivity index (χ0) is 14.5. The van der Waals surface area contributed by atoms with Crippen molar-refractivity contribution in [2.75, 3.05) is 44.2 Å². The molecular weight excluding hydrogens is 260 g/mol. The normalized spacial score (nSPS) is 16.1. The van der Waals surface area contributed by atoms with Crippen LogP contribution in [0, 0.1) is 0 Å². The molecule has 1 heterocycles. The summed E-state index contributed by atoms with van der Waals surface area (Å²) in [5.74, 6) is 0.0783. The fourth-order valence-electron chi connectivity index (χ4n) is 2.30. The van der Waals surface area contributed by atoms with Crippen molar-refractivity contribution in [1.29, 1.82) is 0 Å². The summed E-state index contributed by atoms with van der Waals surface area (Å²) in [7, 11) is 0. The molecule has 6 nitrogen and oxygen atoms in total. The van der Waals surface area contributed by atoms with E-state index in [2.05, 4.69) is 0 Å². The van der Waals surface area contributed by atoms with Gasteiger partial charge in [0.15, 0.2) is 0 Å². The van der Waals surface area contributed by atoms with Crippen LogP contribution in [0.25, 0.3) is 0 Å². The second kappa shape index (κ2) is 6.47. The maximum absolute atomic E-state index is 11.4. The Hall–Kier alpha value is -1.95. The van der Waals surface area contributed by atoms with Crippen molar-refractivity contribution in [2.24, 2.45) is 0 Å². The third-order valence-corrected chi connectivity index (χ3v) is 3.33. The van der Waals surface area contributed by atoms with Gasteiger partial charge in [-0.3, -0.25) is 9.69 Å². The quantitative estimate of drug-likeness (QED) is 0.627. The molecule has 0 unspecified atom stereocenters. The smallest absolute Gasteiger partial charge is 0.320 e. The largest absolute Gasteiger partial charge is 0.508 e. The molecule has 0 amide bonds. The van der Waals surface area contributed by atoms with Crippen LogP contribution in [0.3, 0.4) is 0 Å². The van der Waals surface area contributed by atoms with Crippen LogP contribution in [-0.4, -0.2) is 60.4 Å². The molecule has 0 bridgehead atoms. The molecule has 0 radical (unpaired) electrons. The van der Waals surface area contributed by atoms with Gasteiger partial charge >= 0.3 is 5.97 Å². The first kappa shape index (κ1) is 14.5. The highest BCUT2D eigenvalue weighted by Crippen LogP contribution is 2.31. The highest BCUT2D eigenvalue weighted by atomic mass is 16.5. The van der Waals surface area contributed by atoms with Crippen LogP contribution in [0.1, 0.15) is 6.92 Å². The van der Waals surface area contributed by atoms with E-state index in [0.29, 0.717) is 45.0 Å². The van der Waals surface area contributed by atoms with Crippen molar-refractivity contribution < 1.29 is 19.7 Å². The Morgan fingerprint density at radius 2 is 1.95 bits per heavy atom. The van der Waals surface area contributed by atoms with E-state index in [1.54, 1.807) is 13.0 Å². The van der Waals surface area contributed by atoms with Gasteiger partial charge in [-0.1, -0.05) is 0 Å². The number of carbonyl (C=O) groups excluding carboxylic acids is 1. The maximum Gasteiger partial charge on any atom is 0.320 e. The topological polar surface area (TPSA) is 73.2 Å². The standard InChI is InChI=1S/C14H20N2O4/c1-2-20-14(19)10-15-5-7-16(8-6-15)12-9-11(17)3-4-13(12)18/h3-4,9,17-18H,2,5-8,10H2,1H3. The van der Waals surface area contributed by atoms with Crippen molar-refractivity contribution >= 4 is 11.7 Å². The summed E-state index contributed by atoms with van der Waals surface area (Å²) < 4.78 is 4.92. The average molecular weight is 280 g/mol. The van der Waals surface area contributed by atoms with E-state index >= 15 is 0 Å². The molecule has 0 aliphatic carbocycles. The Morgan fingerprint density at radius 1 is 1.25 bits per heavy atom. The molecule has 20 heavy (non-hydrogen) atoms. The lowest BCUT2D eigenvalue weighted by molar-refractivity contribution is -0.144. The van der Waals surface area contributed by atoms with Crippen LogP contribution in [0.15, 0.2) is 18.2 Å². The molecule has 0 aromatic heterocycles. The molecule has 1 aromatic carbocycles. The van der Waals surface area contributed by atoms with Crippen molar-refractivity contribution in [3.63, 3.8) is 0 Å². The zero-order valence-electron chi connectivity index (χ0n) is 11.6. The first-order valence-electron chi connectivity index (χ1n) is 6.75. The van der Waals surface area contributed by atoms with Crippen molar-refractivity contribution in [3.8, 4) is 11.5 Å².